The van der Waals surface area contributed by atoms with Crippen molar-refractivity contribution in [2.75, 3.05) is 6.54 Å². The summed E-state index contributed by atoms with van der Waals surface area (Å²) in [6.07, 6.45) is 5.30. The van der Waals surface area contributed by atoms with E-state index < -0.39 is 0 Å². The smallest absolute Gasteiger partial charge is 0.191 e. The van der Waals surface area contributed by atoms with Gasteiger partial charge in [-0.2, -0.15) is 10.2 Å². The number of aliphatic imine (C=N–C) groups is 1. The first-order valence-electron chi connectivity index (χ1n) is 8.65. The molecule has 0 bridgehead atoms. The quantitative estimate of drug-likeness (QED) is 0.495. The lowest BCUT2D eigenvalue weighted by atomic mass is 10.1. The number of hydrogen-bond donors (Lipinski definition) is 2. The lowest BCUT2D eigenvalue weighted by Crippen LogP contribution is -2.37. The maximum atomic E-state index is 4.67. The van der Waals surface area contributed by atoms with Crippen LogP contribution in [0.25, 0.3) is 0 Å². The Morgan fingerprint density at radius 3 is 2.77 bits per heavy atom. The van der Waals surface area contributed by atoms with E-state index in [2.05, 4.69) is 55.1 Å². The van der Waals surface area contributed by atoms with E-state index in [-0.39, 0.29) is 0 Å². The molecule has 3 rings (SSSR count). The SMILES string of the molecule is CCNC(=NCc1cccc(Cn2cccn2)c1)NCc1ncnn1C. The maximum Gasteiger partial charge on any atom is 0.191 e. The zero-order valence-corrected chi connectivity index (χ0v) is 15.1. The summed E-state index contributed by atoms with van der Waals surface area (Å²) >= 11 is 0. The molecule has 8 nitrogen and oxygen atoms in total. The first-order valence-corrected chi connectivity index (χ1v) is 8.65. The fourth-order valence-electron chi connectivity index (χ4n) is 2.56. The van der Waals surface area contributed by atoms with Gasteiger partial charge in [-0.1, -0.05) is 24.3 Å². The number of hydrogen-bond acceptors (Lipinski definition) is 4. The summed E-state index contributed by atoms with van der Waals surface area (Å²) in [5.41, 5.74) is 2.36. The van der Waals surface area contributed by atoms with Crippen LogP contribution in [0.2, 0.25) is 0 Å². The van der Waals surface area contributed by atoms with Crippen LogP contribution < -0.4 is 10.6 Å². The second-order valence-corrected chi connectivity index (χ2v) is 5.87. The standard InChI is InChI=1S/C18H24N8/c1-3-19-18(21-12-17-22-14-24-25(17)2)20-11-15-6-4-7-16(10-15)13-26-9-5-8-23-26/h4-10,14H,3,11-13H2,1-2H3,(H2,19,20,21). The summed E-state index contributed by atoms with van der Waals surface area (Å²) in [5, 5.41) is 14.9. The predicted molar refractivity (Wildman–Crippen MR) is 100 cm³/mol. The Balaban J connectivity index is 1.62. The molecule has 0 unspecified atom stereocenters. The highest BCUT2D eigenvalue weighted by molar-refractivity contribution is 5.79. The van der Waals surface area contributed by atoms with Gasteiger partial charge in [0.15, 0.2) is 5.96 Å². The van der Waals surface area contributed by atoms with Crippen molar-refractivity contribution in [1.82, 2.24) is 35.2 Å². The minimum Gasteiger partial charge on any atom is -0.357 e. The van der Waals surface area contributed by atoms with Gasteiger partial charge in [0.1, 0.15) is 12.2 Å². The minimum absolute atomic E-state index is 0.571. The molecule has 0 fully saturated rings. The van der Waals surface area contributed by atoms with Crippen molar-refractivity contribution in [2.45, 2.75) is 26.6 Å². The van der Waals surface area contributed by atoms with Gasteiger partial charge in [0.25, 0.3) is 0 Å². The van der Waals surface area contributed by atoms with Gasteiger partial charge >= 0.3 is 0 Å². The molecule has 0 saturated heterocycles. The number of guanidine groups is 1. The number of aromatic nitrogens is 5. The number of benzene rings is 1. The molecule has 2 aromatic heterocycles. The summed E-state index contributed by atoms with van der Waals surface area (Å²) in [6, 6.07) is 10.3. The van der Waals surface area contributed by atoms with E-state index in [1.807, 2.05) is 30.9 Å². The van der Waals surface area contributed by atoms with Crippen molar-refractivity contribution >= 4 is 5.96 Å². The Labute approximate surface area is 153 Å². The van der Waals surface area contributed by atoms with Crippen LogP contribution in [-0.4, -0.2) is 37.0 Å². The van der Waals surface area contributed by atoms with Crippen LogP contribution >= 0.6 is 0 Å². The first kappa shape index (κ1) is 17.7. The molecule has 0 spiro atoms. The first-order chi connectivity index (χ1) is 12.7. The van der Waals surface area contributed by atoms with Gasteiger partial charge in [0.2, 0.25) is 0 Å². The minimum atomic E-state index is 0.571. The predicted octanol–water partition coefficient (Wildman–Crippen LogP) is 1.32. The summed E-state index contributed by atoms with van der Waals surface area (Å²) in [6.45, 7) is 4.77. The molecule has 2 heterocycles. The number of rotatable bonds is 7. The second-order valence-electron chi connectivity index (χ2n) is 5.87. The van der Waals surface area contributed by atoms with E-state index >= 15 is 0 Å². The average molecular weight is 352 g/mol. The van der Waals surface area contributed by atoms with Gasteiger partial charge in [0.05, 0.1) is 19.6 Å². The van der Waals surface area contributed by atoms with Crippen molar-refractivity contribution in [1.29, 1.82) is 0 Å². The van der Waals surface area contributed by atoms with Crippen LogP contribution in [0.5, 0.6) is 0 Å². The molecule has 0 aliphatic heterocycles. The molecule has 26 heavy (non-hydrogen) atoms. The highest BCUT2D eigenvalue weighted by atomic mass is 15.3. The monoisotopic (exact) mass is 352 g/mol. The molecule has 136 valence electrons. The second kappa shape index (κ2) is 8.80. The fourth-order valence-corrected chi connectivity index (χ4v) is 2.56. The Bertz CT molecular complexity index is 835. The zero-order chi connectivity index (χ0) is 18.2. The molecule has 0 aliphatic rings. The van der Waals surface area contributed by atoms with E-state index in [9.17, 15) is 0 Å². The Morgan fingerprint density at radius 2 is 2.04 bits per heavy atom. The van der Waals surface area contributed by atoms with Gasteiger partial charge in [-0.15, -0.1) is 0 Å². The van der Waals surface area contributed by atoms with Gasteiger partial charge in [0, 0.05) is 26.0 Å². The number of nitrogens with zero attached hydrogens (tertiary/aromatic N) is 6. The molecule has 0 saturated carbocycles. The van der Waals surface area contributed by atoms with Crippen molar-refractivity contribution in [2.24, 2.45) is 12.0 Å². The zero-order valence-electron chi connectivity index (χ0n) is 15.1. The number of nitrogens with one attached hydrogen (secondary N) is 2. The van der Waals surface area contributed by atoms with Crippen LogP contribution in [0.3, 0.4) is 0 Å². The lowest BCUT2D eigenvalue weighted by molar-refractivity contribution is 0.673. The van der Waals surface area contributed by atoms with E-state index in [0.29, 0.717) is 13.1 Å². The topological polar surface area (TPSA) is 84.9 Å². The van der Waals surface area contributed by atoms with Gasteiger partial charge in [-0.3, -0.25) is 9.36 Å². The molecule has 0 atom stereocenters. The van der Waals surface area contributed by atoms with Crippen LogP contribution in [-0.2, 0) is 26.7 Å². The Hall–Kier alpha value is -3.16. The van der Waals surface area contributed by atoms with Crippen molar-refractivity contribution < 1.29 is 0 Å². The molecule has 3 aromatic rings. The Morgan fingerprint density at radius 1 is 1.15 bits per heavy atom. The summed E-state index contributed by atoms with van der Waals surface area (Å²) in [4.78, 5) is 8.88. The molecule has 0 radical (unpaired) electrons. The van der Waals surface area contributed by atoms with Crippen LogP contribution in [0.4, 0.5) is 0 Å². The van der Waals surface area contributed by atoms with Crippen molar-refractivity contribution in [3.8, 4) is 0 Å². The molecule has 0 aliphatic carbocycles. The maximum absolute atomic E-state index is 4.67. The van der Waals surface area contributed by atoms with E-state index in [4.69, 9.17) is 0 Å². The van der Waals surface area contributed by atoms with Gasteiger partial charge in [-0.25, -0.2) is 9.98 Å². The largest absolute Gasteiger partial charge is 0.357 e. The highest BCUT2D eigenvalue weighted by Gasteiger charge is 2.03. The van der Waals surface area contributed by atoms with Crippen molar-refractivity contribution in [3.05, 3.63) is 66.0 Å². The van der Waals surface area contributed by atoms with Gasteiger partial charge in [-0.05, 0) is 24.1 Å². The molecule has 1 aromatic carbocycles. The summed E-state index contributed by atoms with van der Waals surface area (Å²) < 4.78 is 3.66. The average Bonchev–Trinajstić information content (AvgIpc) is 3.29. The third kappa shape index (κ3) is 4.92. The van der Waals surface area contributed by atoms with E-state index in [1.54, 1.807) is 17.2 Å². The van der Waals surface area contributed by atoms with Crippen LogP contribution in [0, 0.1) is 0 Å². The number of aryl methyl sites for hydroxylation is 1. The fraction of sp³-hybridized carbons (Fsp3) is 0.333. The van der Waals surface area contributed by atoms with Crippen LogP contribution in [0.15, 0.2) is 54.0 Å². The van der Waals surface area contributed by atoms with Crippen molar-refractivity contribution in [3.63, 3.8) is 0 Å². The summed E-state index contributed by atoms with van der Waals surface area (Å²) in [7, 11) is 1.87. The molecular formula is C18H24N8. The molecule has 0 amide bonds. The van der Waals surface area contributed by atoms with E-state index in [0.717, 1.165) is 30.4 Å². The van der Waals surface area contributed by atoms with E-state index in [1.165, 1.54) is 5.56 Å². The highest BCUT2D eigenvalue weighted by Crippen LogP contribution is 2.08. The molecular weight excluding hydrogens is 328 g/mol. The van der Waals surface area contributed by atoms with Crippen LogP contribution in [0.1, 0.15) is 23.9 Å². The molecule has 8 heteroatoms. The third-order valence-electron chi connectivity index (χ3n) is 3.88. The normalized spacial score (nSPS) is 11.5. The third-order valence-corrected chi connectivity index (χ3v) is 3.88. The Kier molecular flexibility index (Phi) is 5.97. The van der Waals surface area contributed by atoms with Gasteiger partial charge < -0.3 is 10.6 Å². The molecule has 2 N–H and O–H groups in total. The lowest BCUT2D eigenvalue weighted by Gasteiger charge is -2.11. The summed E-state index contributed by atoms with van der Waals surface area (Å²) in [5.74, 6) is 1.62.